The van der Waals surface area contributed by atoms with Crippen LogP contribution in [0.15, 0.2) is 41.4 Å². The lowest BCUT2D eigenvalue weighted by Crippen LogP contribution is -2.16. The summed E-state index contributed by atoms with van der Waals surface area (Å²) in [6, 6.07) is 6.74. The third-order valence-corrected chi connectivity index (χ3v) is 4.17. The van der Waals surface area contributed by atoms with Crippen LogP contribution >= 0.6 is 0 Å². The van der Waals surface area contributed by atoms with Crippen LogP contribution < -0.4 is 10.5 Å². The van der Waals surface area contributed by atoms with Gasteiger partial charge in [-0.1, -0.05) is 6.07 Å². The molecule has 7 heteroatoms. The number of hydrogen-bond donors (Lipinski definition) is 2. The smallest absolute Gasteiger partial charge is 0.262 e. The highest BCUT2D eigenvalue weighted by atomic mass is 32.2. The van der Waals surface area contributed by atoms with Gasteiger partial charge in [0.25, 0.3) is 10.0 Å². The molecule has 2 aromatic rings. The number of rotatable bonds is 4. The highest BCUT2D eigenvalue weighted by Gasteiger charge is 2.19. The molecule has 0 fully saturated rings. The number of aromatic nitrogens is 1. The molecule has 0 saturated heterocycles. The predicted octanol–water partition coefficient (Wildman–Crippen LogP) is 1.79. The number of pyridine rings is 1. The molecule has 0 spiro atoms. The van der Waals surface area contributed by atoms with E-state index in [0.717, 1.165) is 11.8 Å². The summed E-state index contributed by atoms with van der Waals surface area (Å²) in [6.07, 6.45) is 1.40. The van der Waals surface area contributed by atoms with E-state index in [9.17, 15) is 12.8 Å². The molecule has 0 aliphatic rings. The van der Waals surface area contributed by atoms with Gasteiger partial charge in [0, 0.05) is 12.2 Å². The molecule has 0 bridgehead atoms. The van der Waals surface area contributed by atoms with E-state index in [2.05, 4.69) is 9.71 Å². The summed E-state index contributed by atoms with van der Waals surface area (Å²) in [6.45, 7) is 1.79. The zero-order valence-corrected chi connectivity index (χ0v) is 11.6. The van der Waals surface area contributed by atoms with Crippen molar-refractivity contribution < 1.29 is 12.8 Å². The first-order chi connectivity index (χ1) is 9.42. The Kier molecular flexibility index (Phi) is 4.01. The van der Waals surface area contributed by atoms with Crippen molar-refractivity contribution in [1.82, 2.24) is 4.98 Å². The molecule has 0 unspecified atom stereocenters. The lowest BCUT2D eigenvalue weighted by Gasteiger charge is -2.11. The summed E-state index contributed by atoms with van der Waals surface area (Å²) in [5.74, 6) is -0.635. The number of hydrogen-bond acceptors (Lipinski definition) is 4. The Hall–Kier alpha value is -1.99. The van der Waals surface area contributed by atoms with E-state index in [-0.39, 0.29) is 11.4 Å². The fourth-order valence-corrected chi connectivity index (χ4v) is 2.99. The zero-order valence-electron chi connectivity index (χ0n) is 10.8. The molecule has 0 radical (unpaired) electrons. The second-order valence-corrected chi connectivity index (χ2v) is 5.90. The SMILES string of the molecule is Cc1ccc(NS(=O)(=O)c2cc(F)ccc2CN)cn1. The number of halogens is 1. The van der Waals surface area contributed by atoms with Gasteiger partial charge in [0.05, 0.1) is 16.8 Å². The second-order valence-electron chi connectivity index (χ2n) is 4.25. The normalized spacial score (nSPS) is 11.3. The molecule has 3 N–H and O–H groups in total. The zero-order chi connectivity index (χ0) is 14.8. The van der Waals surface area contributed by atoms with Crippen molar-refractivity contribution in [3.05, 3.63) is 53.6 Å². The highest BCUT2D eigenvalue weighted by molar-refractivity contribution is 7.92. The highest BCUT2D eigenvalue weighted by Crippen LogP contribution is 2.20. The first-order valence-electron chi connectivity index (χ1n) is 5.86. The predicted molar refractivity (Wildman–Crippen MR) is 74.1 cm³/mol. The molecule has 1 aromatic heterocycles. The van der Waals surface area contributed by atoms with Gasteiger partial charge in [0.2, 0.25) is 0 Å². The fourth-order valence-electron chi connectivity index (χ4n) is 1.69. The molecule has 5 nitrogen and oxygen atoms in total. The van der Waals surface area contributed by atoms with Gasteiger partial charge in [-0.2, -0.15) is 0 Å². The standard InChI is InChI=1S/C13H14FN3O2S/c1-9-2-5-12(8-16-9)17-20(18,19)13-6-11(14)4-3-10(13)7-15/h2-6,8,17H,7,15H2,1H3. The molecular formula is C13H14FN3O2S. The van der Waals surface area contributed by atoms with Gasteiger partial charge in [-0.3, -0.25) is 9.71 Å². The van der Waals surface area contributed by atoms with Crippen molar-refractivity contribution in [3.63, 3.8) is 0 Å². The summed E-state index contributed by atoms with van der Waals surface area (Å²) >= 11 is 0. The maximum atomic E-state index is 13.3. The van der Waals surface area contributed by atoms with Crippen molar-refractivity contribution in [3.8, 4) is 0 Å². The first kappa shape index (κ1) is 14.4. The van der Waals surface area contributed by atoms with Crippen LogP contribution in [0, 0.1) is 12.7 Å². The van der Waals surface area contributed by atoms with Crippen molar-refractivity contribution in [2.24, 2.45) is 5.73 Å². The average Bonchev–Trinajstić information content (AvgIpc) is 2.41. The molecular weight excluding hydrogens is 281 g/mol. The molecule has 0 aliphatic carbocycles. The summed E-state index contributed by atoms with van der Waals surface area (Å²) in [5.41, 5.74) is 6.90. The van der Waals surface area contributed by atoms with Gasteiger partial charge in [-0.25, -0.2) is 12.8 Å². The molecule has 1 heterocycles. The van der Waals surface area contributed by atoms with E-state index >= 15 is 0 Å². The van der Waals surface area contributed by atoms with Crippen molar-refractivity contribution in [2.45, 2.75) is 18.4 Å². The molecule has 0 amide bonds. The first-order valence-corrected chi connectivity index (χ1v) is 7.34. The third-order valence-electron chi connectivity index (χ3n) is 2.70. The van der Waals surface area contributed by atoms with Gasteiger partial charge >= 0.3 is 0 Å². The Labute approximate surface area is 116 Å². The quantitative estimate of drug-likeness (QED) is 0.900. The Morgan fingerprint density at radius 1 is 1.30 bits per heavy atom. The number of nitrogens with two attached hydrogens (primary N) is 1. The van der Waals surface area contributed by atoms with Gasteiger partial charge in [-0.05, 0) is 36.8 Å². The maximum absolute atomic E-state index is 13.3. The van der Waals surface area contributed by atoms with Crippen LogP contribution in [0.2, 0.25) is 0 Å². The monoisotopic (exact) mass is 295 g/mol. The minimum Gasteiger partial charge on any atom is -0.326 e. The van der Waals surface area contributed by atoms with E-state index in [1.807, 2.05) is 0 Å². The van der Waals surface area contributed by atoms with Crippen LogP contribution in [-0.4, -0.2) is 13.4 Å². The van der Waals surface area contributed by atoms with Gasteiger partial charge < -0.3 is 5.73 Å². The fraction of sp³-hybridized carbons (Fsp3) is 0.154. The van der Waals surface area contributed by atoms with Crippen LogP contribution in [0.3, 0.4) is 0 Å². The molecule has 106 valence electrons. The Morgan fingerprint density at radius 2 is 2.05 bits per heavy atom. The lowest BCUT2D eigenvalue weighted by atomic mass is 10.2. The number of benzene rings is 1. The van der Waals surface area contributed by atoms with Crippen LogP contribution in [0.25, 0.3) is 0 Å². The summed E-state index contributed by atoms with van der Waals surface area (Å²) < 4.78 is 40.1. The molecule has 1 aromatic carbocycles. The number of aryl methyl sites for hydroxylation is 1. The van der Waals surface area contributed by atoms with Crippen LogP contribution in [0.4, 0.5) is 10.1 Å². The second kappa shape index (κ2) is 5.56. The van der Waals surface area contributed by atoms with Crippen molar-refractivity contribution in [2.75, 3.05) is 4.72 Å². The number of nitrogens with one attached hydrogen (secondary N) is 1. The summed E-state index contributed by atoms with van der Waals surface area (Å²) in [7, 11) is -3.90. The summed E-state index contributed by atoms with van der Waals surface area (Å²) in [4.78, 5) is 3.83. The molecule has 0 aliphatic heterocycles. The van der Waals surface area contributed by atoms with Crippen LogP contribution in [0.5, 0.6) is 0 Å². The maximum Gasteiger partial charge on any atom is 0.262 e. The summed E-state index contributed by atoms with van der Waals surface area (Å²) in [5, 5.41) is 0. The number of nitrogens with zero attached hydrogens (tertiary/aromatic N) is 1. The molecule has 0 atom stereocenters. The minimum atomic E-state index is -3.90. The van der Waals surface area contributed by atoms with E-state index < -0.39 is 15.8 Å². The topological polar surface area (TPSA) is 85.1 Å². The third kappa shape index (κ3) is 3.12. The van der Waals surface area contributed by atoms with Crippen LogP contribution in [-0.2, 0) is 16.6 Å². The van der Waals surface area contributed by atoms with Crippen molar-refractivity contribution >= 4 is 15.7 Å². The lowest BCUT2D eigenvalue weighted by molar-refractivity contribution is 0.593. The molecule has 0 saturated carbocycles. The Balaban J connectivity index is 2.40. The van der Waals surface area contributed by atoms with Crippen molar-refractivity contribution in [1.29, 1.82) is 0 Å². The van der Waals surface area contributed by atoms with Gasteiger partial charge in [0.1, 0.15) is 5.82 Å². The average molecular weight is 295 g/mol. The minimum absolute atomic E-state index is 0.00265. The number of sulfonamides is 1. The van der Waals surface area contributed by atoms with E-state index in [4.69, 9.17) is 5.73 Å². The molecule has 20 heavy (non-hydrogen) atoms. The largest absolute Gasteiger partial charge is 0.326 e. The molecule has 2 rings (SSSR count). The van der Waals surface area contributed by atoms with E-state index in [1.54, 1.807) is 19.1 Å². The van der Waals surface area contributed by atoms with E-state index in [0.29, 0.717) is 11.3 Å². The van der Waals surface area contributed by atoms with E-state index in [1.165, 1.54) is 18.3 Å². The van der Waals surface area contributed by atoms with Gasteiger partial charge in [-0.15, -0.1) is 0 Å². The van der Waals surface area contributed by atoms with Gasteiger partial charge in [0.15, 0.2) is 0 Å². The number of anilines is 1. The Bertz CT molecular complexity index is 715. The van der Waals surface area contributed by atoms with Crippen LogP contribution in [0.1, 0.15) is 11.3 Å². The Morgan fingerprint density at radius 3 is 2.65 bits per heavy atom.